The lowest BCUT2D eigenvalue weighted by Gasteiger charge is -2.39. The minimum atomic E-state index is -2.13. The fourth-order valence-corrected chi connectivity index (χ4v) is 3.83. The third-order valence-electron chi connectivity index (χ3n) is 6.07. The lowest BCUT2D eigenvalue weighted by atomic mass is 9.79. The summed E-state index contributed by atoms with van der Waals surface area (Å²) in [5.74, 6) is -2.17. The van der Waals surface area contributed by atoms with Crippen LogP contribution in [0.15, 0.2) is 35.5 Å². The molecule has 0 amide bonds. The fourth-order valence-electron chi connectivity index (χ4n) is 3.83. The quantitative estimate of drug-likeness (QED) is 0.242. The Morgan fingerprint density at radius 1 is 1.30 bits per heavy atom. The van der Waals surface area contributed by atoms with Gasteiger partial charge in [-0.1, -0.05) is 18.2 Å². The average Bonchev–Trinajstić information content (AvgIpc) is 3.22. The molecule has 0 spiro atoms. The summed E-state index contributed by atoms with van der Waals surface area (Å²) < 4.78 is 21.9. The van der Waals surface area contributed by atoms with Crippen LogP contribution in [0, 0.1) is 0 Å². The van der Waals surface area contributed by atoms with Crippen LogP contribution in [0.25, 0.3) is 0 Å². The molecule has 8 nitrogen and oxygen atoms in total. The molecule has 1 N–H and O–H groups in total. The second kappa shape index (κ2) is 7.67. The largest absolute Gasteiger partial charge is 0.454 e. The van der Waals surface area contributed by atoms with Crippen molar-refractivity contribution in [3.63, 3.8) is 0 Å². The highest BCUT2D eigenvalue weighted by atomic mass is 16.7. The van der Waals surface area contributed by atoms with Crippen LogP contribution in [0.1, 0.15) is 47.5 Å². The number of hydrogen-bond donors (Lipinski definition) is 1. The predicted octanol–water partition coefficient (Wildman–Crippen LogP) is 1.91. The molecule has 1 aliphatic carbocycles. The van der Waals surface area contributed by atoms with E-state index in [0.717, 1.165) is 5.57 Å². The molecule has 30 heavy (non-hydrogen) atoms. The van der Waals surface area contributed by atoms with E-state index in [4.69, 9.17) is 18.9 Å². The highest BCUT2D eigenvalue weighted by Gasteiger charge is 2.64. The zero-order chi connectivity index (χ0) is 22.4. The molecule has 3 rings (SSSR count). The Kier molecular flexibility index (Phi) is 5.68. The molecule has 3 aliphatic rings. The van der Waals surface area contributed by atoms with Gasteiger partial charge in [-0.25, -0.2) is 9.59 Å². The first kappa shape index (κ1) is 22.2. The summed E-state index contributed by atoms with van der Waals surface area (Å²) in [5, 5.41) is 11.7. The standard InChI is InChI=1S/C22H28O8/c1-11-8-7-9-12(2)17(27-15(5)23)18(29-20(25)21(6)14(4)30-21)22(26)13(3)19(24)28-16(22)10-11/h9-10,14,16-18,26H,3,7-8H2,1-2,4-6H3/b11-10+,12-9+/t14-,16+,17-,18+,21-,22-/m1/s1. The van der Waals surface area contributed by atoms with E-state index in [0.29, 0.717) is 18.4 Å². The number of esters is 3. The van der Waals surface area contributed by atoms with E-state index < -0.39 is 47.4 Å². The normalized spacial score (nSPS) is 42.1. The monoisotopic (exact) mass is 420 g/mol. The van der Waals surface area contributed by atoms with Crippen LogP contribution in [0.3, 0.4) is 0 Å². The third-order valence-corrected chi connectivity index (χ3v) is 6.07. The van der Waals surface area contributed by atoms with Gasteiger partial charge in [0.05, 0.1) is 11.7 Å². The maximum Gasteiger partial charge on any atom is 0.341 e. The number of hydrogen-bond acceptors (Lipinski definition) is 8. The lowest BCUT2D eigenvalue weighted by molar-refractivity contribution is -0.190. The number of ether oxygens (including phenoxy) is 4. The van der Waals surface area contributed by atoms with E-state index in [1.807, 2.05) is 13.0 Å². The summed E-state index contributed by atoms with van der Waals surface area (Å²) in [7, 11) is 0. The molecule has 2 heterocycles. The van der Waals surface area contributed by atoms with Gasteiger partial charge in [0.25, 0.3) is 0 Å². The highest BCUT2D eigenvalue weighted by molar-refractivity contribution is 5.94. The van der Waals surface area contributed by atoms with Gasteiger partial charge in [-0.2, -0.15) is 0 Å². The molecule has 0 saturated carbocycles. The lowest BCUT2D eigenvalue weighted by Crippen LogP contribution is -2.58. The Hall–Kier alpha value is -2.45. The Labute approximate surface area is 175 Å². The van der Waals surface area contributed by atoms with E-state index >= 15 is 0 Å². The van der Waals surface area contributed by atoms with Crippen molar-refractivity contribution in [3.8, 4) is 0 Å². The smallest absolute Gasteiger partial charge is 0.341 e. The van der Waals surface area contributed by atoms with Crippen molar-refractivity contribution in [1.82, 2.24) is 0 Å². The second-order valence-corrected chi connectivity index (χ2v) is 8.35. The van der Waals surface area contributed by atoms with Gasteiger partial charge in [-0.05, 0) is 52.2 Å². The maximum atomic E-state index is 12.9. The van der Waals surface area contributed by atoms with Crippen molar-refractivity contribution in [2.75, 3.05) is 0 Å². The van der Waals surface area contributed by atoms with Crippen molar-refractivity contribution < 1.29 is 38.4 Å². The second-order valence-electron chi connectivity index (χ2n) is 8.35. The molecular weight excluding hydrogens is 392 g/mol. The van der Waals surface area contributed by atoms with Crippen molar-refractivity contribution in [3.05, 3.63) is 35.5 Å². The summed E-state index contributed by atoms with van der Waals surface area (Å²) >= 11 is 0. The number of fused-ring (bicyclic) bond motifs is 1. The molecule has 164 valence electrons. The molecular formula is C22H28O8. The van der Waals surface area contributed by atoms with Gasteiger partial charge >= 0.3 is 17.9 Å². The minimum Gasteiger partial charge on any atom is -0.454 e. The molecule has 2 saturated heterocycles. The molecule has 0 radical (unpaired) electrons. The Morgan fingerprint density at radius 2 is 1.93 bits per heavy atom. The zero-order valence-corrected chi connectivity index (χ0v) is 17.9. The first-order valence-corrected chi connectivity index (χ1v) is 9.94. The van der Waals surface area contributed by atoms with Crippen LogP contribution < -0.4 is 0 Å². The van der Waals surface area contributed by atoms with Crippen LogP contribution in [-0.4, -0.2) is 58.6 Å². The van der Waals surface area contributed by atoms with Crippen molar-refractivity contribution in [2.45, 2.75) is 83.1 Å². The van der Waals surface area contributed by atoms with Crippen LogP contribution >= 0.6 is 0 Å². The number of allylic oxidation sites excluding steroid dienone is 2. The molecule has 0 aromatic heterocycles. The highest BCUT2D eigenvalue weighted by Crippen LogP contribution is 2.43. The Balaban J connectivity index is 2.13. The Bertz CT molecular complexity index is 855. The van der Waals surface area contributed by atoms with Crippen LogP contribution in [0.4, 0.5) is 0 Å². The topological polar surface area (TPSA) is 112 Å². The molecule has 2 fully saturated rings. The van der Waals surface area contributed by atoms with Gasteiger partial charge in [0.2, 0.25) is 0 Å². The van der Waals surface area contributed by atoms with E-state index in [1.165, 1.54) is 6.92 Å². The van der Waals surface area contributed by atoms with E-state index in [2.05, 4.69) is 6.58 Å². The number of carbonyl (C=O) groups excluding carboxylic acids is 3. The molecule has 8 heteroatoms. The summed E-state index contributed by atoms with van der Waals surface area (Å²) in [6.07, 6.45) is 0.621. The molecule has 0 aromatic rings. The molecule has 0 aromatic carbocycles. The van der Waals surface area contributed by atoms with Crippen LogP contribution in [-0.2, 0) is 33.3 Å². The van der Waals surface area contributed by atoms with Gasteiger partial charge in [-0.15, -0.1) is 0 Å². The van der Waals surface area contributed by atoms with Gasteiger partial charge in [0, 0.05) is 6.92 Å². The van der Waals surface area contributed by atoms with Crippen molar-refractivity contribution >= 4 is 17.9 Å². The summed E-state index contributed by atoms with van der Waals surface area (Å²) in [5.41, 5.74) is -2.13. The van der Waals surface area contributed by atoms with Gasteiger partial charge in [-0.3, -0.25) is 4.79 Å². The number of rotatable bonds is 3. The molecule has 0 bridgehead atoms. The summed E-state index contributed by atoms with van der Waals surface area (Å²) in [6.45, 7) is 11.8. The summed E-state index contributed by atoms with van der Waals surface area (Å²) in [6, 6.07) is 0. The first-order valence-electron chi connectivity index (χ1n) is 9.94. The third kappa shape index (κ3) is 3.70. The predicted molar refractivity (Wildman–Crippen MR) is 105 cm³/mol. The SMILES string of the molecule is C=C1C(=O)O[C@H]2/C=C(\C)CC/C=C(\C)[C@@H](OC(C)=O)[C@H](OC(=O)[C@]3(C)O[C@@H]3C)[C@@]12O. The molecule has 0 unspecified atom stereocenters. The molecule has 6 atom stereocenters. The van der Waals surface area contributed by atoms with Gasteiger partial charge in [0.15, 0.2) is 29.5 Å². The molecule has 2 aliphatic heterocycles. The van der Waals surface area contributed by atoms with Crippen molar-refractivity contribution in [1.29, 1.82) is 0 Å². The minimum absolute atomic E-state index is 0.269. The maximum absolute atomic E-state index is 12.9. The summed E-state index contributed by atoms with van der Waals surface area (Å²) in [4.78, 5) is 37.1. The first-order chi connectivity index (χ1) is 13.9. The zero-order valence-electron chi connectivity index (χ0n) is 17.9. The van der Waals surface area contributed by atoms with E-state index in [-0.39, 0.29) is 11.7 Å². The number of epoxide rings is 1. The van der Waals surface area contributed by atoms with Crippen LogP contribution in [0.5, 0.6) is 0 Å². The van der Waals surface area contributed by atoms with E-state index in [1.54, 1.807) is 26.8 Å². The number of carbonyl (C=O) groups is 3. The Morgan fingerprint density at radius 3 is 2.50 bits per heavy atom. The average molecular weight is 420 g/mol. The van der Waals surface area contributed by atoms with Crippen molar-refractivity contribution in [2.24, 2.45) is 0 Å². The van der Waals surface area contributed by atoms with Gasteiger partial charge < -0.3 is 24.1 Å². The fraction of sp³-hybridized carbons (Fsp3) is 0.591. The van der Waals surface area contributed by atoms with Crippen LogP contribution in [0.2, 0.25) is 0 Å². The van der Waals surface area contributed by atoms with E-state index in [9.17, 15) is 19.5 Å². The number of aliphatic hydroxyl groups is 1. The van der Waals surface area contributed by atoms with Gasteiger partial charge in [0.1, 0.15) is 0 Å².